The van der Waals surface area contributed by atoms with Crippen LogP contribution in [0.2, 0.25) is 0 Å². The van der Waals surface area contributed by atoms with E-state index >= 15 is 0 Å². The second-order valence-corrected chi connectivity index (χ2v) is 9.19. The first kappa shape index (κ1) is 21.4. The van der Waals surface area contributed by atoms with E-state index in [9.17, 15) is 0 Å². The van der Waals surface area contributed by atoms with Gasteiger partial charge in [-0.05, 0) is 56.5 Å². The zero-order valence-electron chi connectivity index (χ0n) is 17.8. The quantitative estimate of drug-likeness (QED) is 0.182. The number of fused-ring (bicyclic) bond motifs is 2. The van der Waals surface area contributed by atoms with Crippen molar-refractivity contribution in [1.82, 2.24) is 4.98 Å². The summed E-state index contributed by atoms with van der Waals surface area (Å²) in [5, 5.41) is 7.47. The summed E-state index contributed by atoms with van der Waals surface area (Å²) in [4.78, 5) is 4.53. The fourth-order valence-electron chi connectivity index (χ4n) is 3.57. The lowest BCUT2D eigenvalue weighted by Gasteiger charge is -2.14. The average Bonchev–Trinajstić information content (AvgIpc) is 3.26. The molecule has 5 rings (SSSR count). The lowest BCUT2D eigenvalue weighted by atomic mass is 10.1. The number of hydrogen-bond acceptors (Lipinski definition) is 6. The lowest BCUT2D eigenvalue weighted by molar-refractivity contribution is 0.285. The third kappa shape index (κ3) is 4.69. The Morgan fingerprint density at radius 1 is 1.00 bits per heavy atom. The molecular formula is C26H20BrN3O2S. The van der Waals surface area contributed by atoms with Gasteiger partial charge in [-0.3, -0.25) is 5.43 Å². The van der Waals surface area contributed by atoms with E-state index in [0.717, 1.165) is 30.9 Å². The van der Waals surface area contributed by atoms with Crippen molar-refractivity contribution in [2.45, 2.75) is 6.61 Å². The fraction of sp³-hybridized carbons (Fsp3) is 0.0769. The Labute approximate surface area is 203 Å². The van der Waals surface area contributed by atoms with Gasteiger partial charge in [0.2, 0.25) is 5.13 Å². The summed E-state index contributed by atoms with van der Waals surface area (Å²) in [7, 11) is 1.63. The topological polar surface area (TPSA) is 55.7 Å². The second-order valence-electron chi connectivity index (χ2n) is 7.31. The molecule has 0 fully saturated rings. The minimum atomic E-state index is 0.441. The molecule has 1 aromatic heterocycles. The first-order valence-electron chi connectivity index (χ1n) is 10.3. The van der Waals surface area contributed by atoms with Gasteiger partial charge in [0.1, 0.15) is 6.61 Å². The largest absolute Gasteiger partial charge is 0.493 e. The van der Waals surface area contributed by atoms with E-state index in [-0.39, 0.29) is 0 Å². The van der Waals surface area contributed by atoms with Gasteiger partial charge in [0.15, 0.2) is 11.5 Å². The summed E-state index contributed by atoms with van der Waals surface area (Å²) < 4.78 is 13.7. The molecule has 0 unspecified atom stereocenters. The molecule has 0 aliphatic heterocycles. The number of thiazole rings is 1. The number of anilines is 1. The average molecular weight is 518 g/mol. The summed E-state index contributed by atoms with van der Waals surface area (Å²) in [5.41, 5.74) is 5.95. The van der Waals surface area contributed by atoms with E-state index in [1.54, 1.807) is 24.7 Å². The van der Waals surface area contributed by atoms with Gasteiger partial charge >= 0.3 is 0 Å². The van der Waals surface area contributed by atoms with Gasteiger partial charge < -0.3 is 9.47 Å². The maximum Gasteiger partial charge on any atom is 0.204 e. The molecule has 0 saturated carbocycles. The van der Waals surface area contributed by atoms with Crippen LogP contribution in [0.15, 0.2) is 88.4 Å². The molecule has 1 heterocycles. The Bertz CT molecular complexity index is 1430. The van der Waals surface area contributed by atoms with Crippen LogP contribution >= 0.6 is 27.3 Å². The van der Waals surface area contributed by atoms with Gasteiger partial charge in [0.05, 0.1) is 23.5 Å². The van der Waals surface area contributed by atoms with Gasteiger partial charge in [-0.25, -0.2) is 4.98 Å². The van der Waals surface area contributed by atoms with Crippen LogP contribution in [0.5, 0.6) is 11.5 Å². The molecular weight excluding hydrogens is 498 g/mol. The number of hydrazone groups is 1. The molecule has 7 heteroatoms. The van der Waals surface area contributed by atoms with Crippen LogP contribution < -0.4 is 14.9 Å². The van der Waals surface area contributed by atoms with Crippen molar-refractivity contribution >= 4 is 59.6 Å². The SMILES string of the molecule is COc1cc(/C=N/Nc2nc3ccccc3s2)c(Br)cc1OCc1cccc2ccccc12. The first-order chi connectivity index (χ1) is 16.2. The van der Waals surface area contributed by atoms with Gasteiger partial charge in [0, 0.05) is 10.0 Å². The monoisotopic (exact) mass is 517 g/mol. The van der Waals surface area contributed by atoms with E-state index in [4.69, 9.17) is 9.47 Å². The number of rotatable bonds is 7. The number of aromatic nitrogens is 1. The lowest BCUT2D eigenvalue weighted by Crippen LogP contribution is -2.00. The Morgan fingerprint density at radius 2 is 1.82 bits per heavy atom. The maximum absolute atomic E-state index is 6.14. The number of hydrogen-bond donors (Lipinski definition) is 1. The van der Waals surface area contributed by atoms with Gasteiger partial charge in [-0.15, -0.1) is 0 Å². The third-order valence-electron chi connectivity index (χ3n) is 5.20. The van der Waals surface area contributed by atoms with E-state index in [1.807, 2.05) is 54.6 Å². The fourth-order valence-corrected chi connectivity index (χ4v) is 4.81. The van der Waals surface area contributed by atoms with Crippen molar-refractivity contribution in [1.29, 1.82) is 0 Å². The Morgan fingerprint density at radius 3 is 2.70 bits per heavy atom. The highest BCUT2D eigenvalue weighted by molar-refractivity contribution is 9.10. The molecule has 4 aromatic carbocycles. The minimum Gasteiger partial charge on any atom is -0.493 e. The predicted octanol–water partition coefficient (Wildman–Crippen LogP) is 7.25. The molecule has 0 aliphatic rings. The van der Waals surface area contributed by atoms with Crippen LogP contribution in [0, 0.1) is 0 Å². The van der Waals surface area contributed by atoms with Gasteiger partial charge in [-0.1, -0.05) is 65.9 Å². The van der Waals surface area contributed by atoms with Crippen LogP contribution in [0.1, 0.15) is 11.1 Å². The molecule has 0 aliphatic carbocycles. The zero-order valence-corrected chi connectivity index (χ0v) is 20.2. The van der Waals surface area contributed by atoms with E-state index in [1.165, 1.54) is 10.8 Å². The van der Waals surface area contributed by atoms with Crippen molar-refractivity contribution < 1.29 is 9.47 Å². The number of para-hydroxylation sites is 1. The predicted molar refractivity (Wildman–Crippen MR) is 140 cm³/mol. The van der Waals surface area contributed by atoms with Crippen molar-refractivity contribution in [2.24, 2.45) is 5.10 Å². The highest BCUT2D eigenvalue weighted by Crippen LogP contribution is 2.34. The zero-order chi connectivity index (χ0) is 22.6. The van der Waals surface area contributed by atoms with Crippen molar-refractivity contribution in [3.8, 4) is 11.5 Å². The van der Waals surface area contributed by atoms with E-state index in [0.29, 0.717) is 18.1 Å². The van der Waals surface area contributed by atoms with E-state index < -0.39 is 0 Å². The molecule has 33 heavy (non-hydrogen) atoms. The van der Waals surface area contributed by atoms with Crippen molar-refractivity contribution in [3.05, 3.63) is 94.5 Å². The molecule has 0 radical (unpaired) electrons. The maximum atomic E-state index is 6.14. The number of ether oxygens (including phenoxy) is 2. The normalized spacial score (nSPS) is 11.3. The number of nitrogens with one attached hydrogen (secondary N) is 1. The number of benzene rings is 4. The van der Waals surface area contributed by atoms with Crippen LogP contribution in [0.25, 0.3) is 21.0 Å². The molecule has 0 spiro atoms. The summed E-state index contributed by atoms with van der Waals surface area (Å²) in [6.45, 7) is 0.441. The standard InChI is InChI=1S/C26H20BrN3O2S/c1-31-23-13-19(15-28-30-26-29-22-11-4-5-12-25(22)33-26)21(27)14-24(23)32-16-18-9-6-8-17-7-2-3-10-20(17)18/h2-15H,16H2,1H3,(H,29,30)/b28-15+. The summed E-state index contributed by atoms with van der Waals surface area (Å²) in [5.74, 6) is 1.30. The third-order valence-corrected chi connectivity index (χ3v) is 6.83. The number of halogens is 1. The van der Waals surface area contributed by atoms with Crippen LogP contribution in [-0.4, -0.2) is 18.3 Å². The van der Waals surface area contributed by atoms with Crippen LogP contribution in [0.3, 0.4) is 0 Å². The molecule has 0 atom stereocenters. The molecule has 1 N–H and O–H groups in total. The van der Waals surface area contributed by atoms with Gasteiger partial charge in [-0.2, -0.15) is 5.10 Å². The molecule has 5 nitrogen and oxygen atoms in total. The Kier molecular flexibility index (Phi) is 6.24. The smallest absolute Gasteiger partial charge is 0.204 e. The van der Waals surface area contributed by atoms with Crippen molar-refractivity contribution in [2.75, 3.05) is 12.5 Å². The molecule has 0 saturated heterocycles. The van der Waals surface area contributed by atoms with Gasteiger partial charge in [0.25, 0.3) is 0 Å². The molecule has 0 amide bonds. The van der Waals surface area contributed by atoms with Crippen LogP contribution in [-0.2, 0) is 6.61 Å². The first-order valence-corrected chi connectivity index (χ1v) is 11.9. The Hall–Kier alpha value is -3.42. The highest BCUT2D eigenvalue weighted by atomic mass is 79.9. The second kappa shape index (κ2) is 9.60. The minimum absolute atomic E-state index is 0.441. The van der Waals surface area contributed by atoms with Crippen LogP contribution in [0.4, 0.5) is 5.13 Å². The molecule has 0 bridgehead atoms. The molecule has 5 aromatic rings. The van der Waals surface area contributed by atoms with Crippen molar-refractivity contribution in [3.63, 3.8) is 0 Å². The summed E-state index contributed by atoms with van der Waals surface area (Å²) >= 11 is 5.18. The highest BCUT2D eigenvalue weighted by Gasteiger charge is 2.11. The number of nitrogens with zero attached hydrogens (tertiary/aromatic N) is 2. The molecule has 164 valence electrons. The Balaban J connectivity index is 1.32. The van der Waals surface area contributed by atoms with E-state index in [2.05, 4.69) is 55.7 Å². The number of methoxy groups -OCH3 is 1. The summed E-state index contributed by atoms with van der Waals surface area (Å²) in [6.07, 6.45) is 1.73. The summed E-state index contributed by atoms with van der Waals surface area (Å²) in [6, 6.07) is 26.3.